The van der Waals surface area contributed by atoms with Crippen molar-refractivity contribution in [1.82, 2.24) is 4.90 Å². The number of terminal acetylenes is 1. The van der Waals surface area contributed by atoms with Gasteiger partial charge in [0.2, 0.25) is 5.88 Å². The Morgan fingerprint density at radius 2 is 2.13 bits per heavy atom. The second-order valence-electron chi connectivity index (χ2n) is 6.26. The predicted octanol–water partition coefficient (Wildman–Crippen LogP) is 3.61. The van der Waals surface area contributed by atoms with Gasteiger partial charge in [-0.1, -0.05) is 30.3 Å². The normalized spacial score (nSPS) is 23.7. The van der Waals surface area contributed by atoms with Gasteiger partial charge in [0.05, 0.1) is 17.7 Å². The number of hydrogen-bond donors (Lipinski definition) is 0. The minimum Gasteiger partial charge on any atom is -0.479 e. The largest absolute Gasteiger partial charge is 0.479 e. The van der Waals surface area contributed by atoms with E-state index in [0.29, 0.717) is 19.4 Å². The molecule has 1 atom stereocenters. The van der Waals surface area contributed by atoms with Crippen molar-refractivity contribution in [3.63, 3.8) is 0 Å². The lowest BCUT2D eigenvalue weighted by Gasteiger charge is -2.44. The molecule has 1 aromatic carbocycles. The third-order valence-corrected chi connectivity index (χ3v) is 4.90. The summed E-state index contributed by atoms with van der Waals surface area (Å²) < 4.78 is 5.97. The highest BCUT2D eigenvalue weighted by Gasteiger charge is 2.48. The van der Waals surface area contributed by atoms with Gasteiger partial charge in [-0.25, -0.2) is 0 Å². The number of rotatable bonds is 5. The molecule has 0 spiro atoms. The molecular formula is C20H23NO2. The van der Waals surface area contributed by atoms with Crippen LogP contribution in [0.5, 0.6) is 0 Å². The predicted molar refractivity (Wildman–Crippen MR) is 91.4 cm³/mol. The average Bonchev–Trinajstić information content (AvgIpc) is 2.98. The van der Waals surface area contributed by atoms with Gasteiger partial charge in [0.25, 0.3) is 0 Å². The third kappa shape index (κ3) is 2.74. The SMILES string of the molecule is C#CCC[C@]12CCCN1C(OCC)=C(c1ccccc1)C(=O)C2. The van der Waals surface area contributed by atoms with Crippen molar-refractivity contribution in [2.75, 3.05) is 13.2 Å². The zero-order chi connectivity index (χ0) is 16.3. The Hall–Kier alpha value is -2.21. The van der Waals surface area contributed by atoms with Crippen LogP contribution in [0.15, 0.2) is 36.2 Å². The van der Waals surface area contributed by atoms with Crippen LogP contribution in [0.2, 0.25) is 0 Å². The molecule has 23 heavy (non-hydrogen) atoms. The van der Waals surface area contributed by atoms with Gasteiger partial charge in [-0.3, -0.25) is 4.79 Å². The molecule has 2 heterocycles. The molecule has 0 aliphatic carbocycles. The minimum absolute atomic E-state index is 0.147. The monoisotopic (exact) mass is 309 g/mol. The number of hydrogen-bond acceptors (Lipinski definition) is 3. The quantitative estimate of drug-likeness (QED) is 0.778. The maximum atomic E-state index is 13.0. The van der Waals surface area contributed by atoms with E-state index in [1.54, 1.807) is 0 Å². The molecule has 0 amide bonds. The van der Waals surface area contributed by atoms with Crippen LogP contribution in [0, 0.1) is 12.3 Å². The Morgan fingerprint density at radius 3 is 2.83 bits per heavy atom. The fourth-order valence-corrected chi connectivity index (χ4v) is 3.91. The van der Waals surface area contributed by atoms with E-state index in [1.165, 1.54) is 0 Å². The molecule has 2 aliphatic heterocycles. The highest BCUT2D eigenvalue weighted by Crippen LogP contribution is 2.46. The number of carbonyl (C=O) groups is 1. The fraction of sp³-hybridized carbons (Fsp3) is 0.450. The number of allylic oxidation sites excluding steroid dienone is 1. The van der Waals surface area contributed by atoms with Crippen molar-refractivity contribution >= 4 is 11.4 Å². The van der Waals surface area contributed by atoms with Crippen LogP contribution in [0.3, 0.4) is 0 Å². The minimum atomic E-state index is -0.147. The lowest BCUT2D eigenvalue weighted by Crippen LogP contribution is -2.49. The number of benzene rings is 1. The van der Waals surface area contributed by atoms with Crippen LogP contribution in [-0.4, -0.2) is 29.4 Å². The van der Waals surface area contributed by atoms with Crippen molar-refractivity contribution in [3.8, 4) is 12.3 Å². The molecular weight excluding hydrogens is 286 g/mol. The molecule has 0 saturated carbocycles. The smallest absolute Gasteiger partial charge is 0.201 e. The topological polar surface area (TPSA) is 29.5 Å². The number of fused-ring (bicyclic) bond motifs is 1. The first-order chi connectivity index (χ1) is 11.2. The highest BCUT2D eigenvalue weighted by molar-refractivity contribution is 6.22. The van der Waals surface area contributed by atoms with Gasteiger partial charge in [0.15, 0.2) is 5.78 Å². The Bertz CT molecular complexity index is 656. The van der Waals surface area contributed by atoms with Gasteiger partial charge in [-0.05, 0) is 31.7 Å². The van der Waals surface area contributed by atoms with Crippen LogP contribution >= 0.6 is 0 Å². The molecule has 1 aromatic rings. The Balaban J connectivity index is 2.08. The molecule has 0 N–H and O–H groups in total. The fourth-order valence-electron chi connectivity index (χ4n) is 3.91. The number of nitrogens with zero attached hydrogens (tertiary/aromatic N) is 1. The van der Waals surface area contributed by atoms with Crippen molar-refractivity contribution in [2.24, 2.45) is 0 Å². The van der Waals surface area contributed by atoms with Crippen LogP contribution in [-0.2, 0) is 9.53 Å². The number of carbonyl (C=O) groups excluding carboxylic acids is 1. The van der Waals surface area contributed by atoms with E-state index >= 15 is 0 Å². The lowest BCUT2D eigenvalue weighted by atomic mass is 9.80. The second kappa shape index (κ2) is 6.50. The molecule has 1 saturated heterocycles. The van der Waals surface area contributed by atoms with Gasteiger partial charge < -0.3 is 9.64 Å². The Kier molecular flexibility index (Phi) is 4.43. The first kappa shape index (κ1) is 15.7. The molecule has 0 unspecified atom stereocenters. The molecule has 0 bridgehead atoms. The van der Waals surface area contributed by atoms with E-state index in [-0.39, 0.29) is 11.3 Å². The lowest BCUT2D eigenvalue weighted by molar-refractivity contribution is -0.118. The summed E-state index contributed by atoms with van der Waals surface area (Å²) >= 11 is 0. The van der Waals surface area contributed by atoms with E-state index < -0.39 is 0 Å². The van der Waals surface area contributed by atoms with Crippen LogP contribution in [0.4, 0.5) is 0 Å². The third-order valence-electron chi connectivity index (χ3n) is 4.90. The summed E-state index contributed by atoms with van der Waals surface area (Å²) in [5, 5.41) is 0. The molecule has 3 nitrogen and oxygen atoms in total. The van der Waals surface area contributed by atoms with Gasteiger partial charge in [0, 0.05) is 19.4 Å². The van der Waals surface area contributed by atoms with E-state index in [2.05, 4.69) is 10.8 Å². The first-order valence-electron chi connectivity index (χ1n) is 8.38. The Morgan fingerprint density at radius 1 is 1.35 bits per heavy atom. The van der Waals surface area contributed by atoms with Gasteiger partial charge in [-0.2, -0.15) is 0 Å². The number of ketones is 1. The molecule has 0 radical (unpaired) electrons. The summed E-state index contributed by atoms with van der Waals surface area (Å²) in [6.45, 7) is 3.46. The van der Waals surface area contributed by atoms with Gasteiger partial charge >= 0.3 is 0 Å². The number of ether oxygens (including phenoxy) is 1. The van der Waals surface area contributed by atoms with E-state index in [9.17, 15) is 4.79 Å². The number of Topliss-reactive ketones (excluding diaryl/α,β-unsaturated/α-hetero) is 1. The highest BCUT2D eigenvalue weighted by atomic mass is 16.5. The van der Waals surface area contributed by atoms with E-state index in [4.69, 9.17) is 11.2 Å². The summed E-state index contributed by atoms with van der Waals surface area (Å²) in [7, 11) is 0. The molecule has 3 heteroatoms. The van der Waals surface area contributed by atoms with Crippen LogP contribution < -0.4 is 0 Å². The summed E-state index contributed by atoms with van der Waals surface area (Å²) in [6.07, 6.45) is 9.66. The molecule has 1 fully saturated rings. The second-order valence-corrected chi connectivity index (χ2v) is 6.26. The Labute approximate surface area is 138 Å². The van der Waals surface area contributed by atoms with Crippen molar-refractivity contribution < 1.29 is 9.53 Å². The first-order valence-corrected chi connectivity index (χ1v) is 8.38. The van der Waals surface area contributed by atoms with Crippen LogP contribution in [0.1, 0.15) is 44.6 Å². The molecule has 120 valence electrons. The van der Waals surface area contributed by atoms with Crippen molar-refractivity contribution in [3.05, 3.63) is 41.8 Å². The average molecular weight is 309 g/mol. The zero-order valence-corrected chi connectivity index (χ0v) is 13.7. The standard InChI is InChI=1S/C20H23NO2/c1-3-5-12-20-13-9-14-21(20)19(23-4-2)18(17(22)15-20)16-10-7-6-8-11-16/h1,6-8,10-11H,4-5,9,12-15H2,2H3/t20-/m1/s1. The summed E-state index contributed by atoms with van der Waals surface area (Å²) in [5.74, 6) is 3.66. The summed E-state index contributed by atoms with van der Waals surface area (Å²) in [4.78, 5) is 15.3. The van der Waals surface area contributed by atoms with Gasteiger partial charge in [-0.15, -0.1) is 12.3 Å². The van der Waals surface area contributed by atoms with Crippen molar-refractivity contribution in [1.29, 1.82) is 0 Å². The zero-order valence-electron chi connectivity index (χ0n) is 13.7. The van der Waals surface area contributed by atoms with Crippen molar-refractivity contribution in [2.45, 2.75) is 44.6 Å². The maximum Gasteiger partial charge on any atom is 0.201 e. The molecule has 3 rings (SSSR count). The summed E-state index contributed by atoms with van der Waals surface area (Å²) in [5.41, 5.74) is 1.52. The van der Waals surface area contributed by atoms with E-state index in [0.717, 1.165) is 42.8 Å². The summed E-state index contributed by atoms with van der Waals surface area (Å²) in [6, 6.07) is 9.85. The van der Waals surface area contributed by atoms with Crippen LogP contribution in [0.25, 0.3) is 5.57 Å². The molecule has 2 aliphatic rings. The maximum absolute atomic E-state index is 13.0. The van der Waals surface area contributed by atoms with Gasteiger partial charge in [0.1, 0.15) is 0 Å². The molecule has 0 aromatic heterocycles. The van der Waals surface area contributed by atoms with E-state index in [1.807, 2.05) is 37.3 Å².